The van der Waals surface area contributed by atoms with E-state index in [0.717, 1.165) is 19.7 Å². The summed E-state index contributed by atoms with van der Waals surface area (Å²) in [6, 6.07) is 0. The standard InChI is InChI=1S/C5H11NO2.C2H6/c7-4-5-3-6-1-2-8-5;1-2/h5-7H,1-4H2;1-2H3. The van der Waals surface area contributed by atoms with Crippen LogP contribution in [0.2, 0.25) is 0 Å². The zero-order chi connectivity index (χ0) is 7.82. The molecule has 0 spiro atoms. The third-order valence-electron chi connectivity index (χ3n) is 1.21. The summed E-state index contributed by atoms with van der Waals surface area (Å²) >= 11 is 0. The van der Waals surface area contributed by atoms with Crippen LogP contribution >= 0.6 is 0 Å². The smallest absolute Gasteiger partial charge is 0.0930 e. The largest absolute Gasteiger partial charge is 0.394 e. The van der Waals surface area contributed by atoms with Gasteiger partial charge in [-0.25, -0.2) is 0 Å². The summed E-state index contributed by atoms with van der Waals surface area (Å²) in [5, 5.41) is 11.6. The molecule has 0 bridgehead atoms. The number of hydrogen-bond acceptors (Lipinski definition) is 3. The van der Waals surface area contributed by atoms with Gasteiger partial charge in [-0.1, -0.05) is 13.8 Å². The van der Waals surface area contributed by atoms with Gasteiger partial charge in [0.05, 0.1) is 19.3 Å². The summed E-state index contributed by atoms with van der Waals surface area (Å²) < 4.78 is 5.11. The maximum Gasteiger partial charge on any atom is 0.0930 e. The molecular formula is C7H17NO2. The highest BCUT2D eigenvalue weighted by atomic mass is 16.5. The van der Waals surface area contributed by atoms with Gasteiger partial charge < -0.3 is 15.2 Å². The summed E-state index contributed by atoms with van der Waals surface area (Å²) in [5.41, 5.74) is 0. The number of morpholine rings is 1. The minimum Gasteiger partial charge on any atom is -0.394 e. The van der Waals surface area contributed by atoms with Gasteiger partial charge >= 0.3 is 0 Å². The molecule has 3 nitrogen and oxygen atoms in total. The van der Waals surface area contributed by atoms with Gasteiger partial charge in [0.1, 0.15) is 0 Å². The third kappa shape index (κ3) is 3.82. The molecule has 3 heteroatoms. The quantitative estimate of drug-likeness (QED) is 0.548. The molecule has 0 amide bonds. The number of ether oxygens (including phenoxy) is 1. The third-order valence-corrected chi connectivity index (χ3v) is 1.21. The van der Waals surface area contributed by atoms with E-state index in [1.807, 2.05) is 13.8 Å². The first-order valence-electron chi connectivity index (χ1n) is 3.86. The highest BCUT2D eigenvalue weighted by Crippen LogP contribution is 1.92. The fraction of sp³-hybridized carbons (Fsp3) is 1.00. The van der Waals surface area contributed by atoms with Crippen LogP contribution in [0, 0.1) is 0 Å². The highest BCUT2D eigenvalue weighted by molar-refractivity contribution is 4.64. The van der Waals surface area contributed by atoms with Crippen LogP contribution in [0.3, 0.4) is 0 Å². The molecule has 1 saturated heterocycles. The van der Waals surface area contributed by atoms with Crippen LogP contribution in [-0.2, 0) is 4.74 Å². The second kappa shape index (κ2) is 6.99. The van der Waals surface area contributed by atoms with Crippen molar-refractivity contribution >= 4 is 0 Å². The molecule has 1 unspecified atom stereocenters. The van der Waals surface area contributed by atoms with Crippen molar-refractivity contribution in [2.75, 3.05) is 26.3 Å². The molecule has 2 N–H and O–H groups in total. The fourth-order valence-corrected chi connectivity index (χ4v) is 0.737. The Morgan fingerprint density at radius 2 is 2.30 bits per heavy atom. The zero-order valence-corrected chi connectivity index (χ0v) is 6.76. The molecule has 1 heterocycles. The van der Waals surface area contributed by atoms with E-state index in [4.69, 9.17) is 9.84 Å². The van der Waals surface area contributed by atoms with Crippen LogP contribution in [-0.4, -0.2) is 37.5 Å². The molecule has 10 heavy (non-hydrogen) atoms. The number of aliphatic hydroxyl groups excluding tert-OH is 1. The Labute approximate surface area is 62.4 Å². The van der Waals surface area contributed by atoms with Crippen molar-refractivity contribution in [1.82, 2.24) is 5.32 Å². The molecule has 0 radical (unpaired) electrons. The normalized spacial score (nSPS) is 24.9. The Morgan fingerprint density at radius 1 is 1.60 bits per heavy atom. The lowest BCUT2D eigenvalue weighted by atomic mass is 10.3. The van der Waals surface area contributed by atoms with E-state index >= 15 is 0 Å². The molecule has 1 aliphatic heterocycles. The monoisotopic (exact) mass is 147 g/mol. The molecule has 0 aromatic carbocycles. The van der Waals surface area contributed by atoms with Gasteiger partial charge in [-0.05, 0) is 0 Å². The van der Waals surface area contributed by atoms with Crippen molar-refractivity contribution < 1.29 is 9.84 Å². The van der Waals surface area contributed by atoms with Crippen molar-refractivity contribution in [2.24, 2.45) is 0 Å². The second-order valence-corrected chi connectivity index (χ2v) is 1.88. The van der Waals surface area contributed by atoms with Crippen LogP contribution in [0.4, 0.5) is 0 Å². The molecule has 1 fully saturated rings. The summed E-state index contributed by atoms with van der Waals surface area (Å²) in [6.45, 7) is 6.56. The molecule has 0 aromatic rings. The number of rotatable bonds is 1. The van der Waals surface area contributed by atoms with Gasteiger partial charge in [0, 0.05) is 13.1 Å². The van der Waals surface area contributed by atoms with Gasteiger partial charge in [-0.15, -0.1) is 0 Å². The minimum atomic E-state index is 0.0312. The van der Waals surface area contributed by atoms with Crippen molar-refractivity contribution in [3.05, 3.63) is 0 Å². The van der Waals surface area contributed by atoms with Crippen LogP contribution in [0.1, 0.15) is 13.8 Å². The van der Waals surface area contributed by atoms with Gasteiger partial charge in [0.2, 0.25) is 0 Å². The maximum atomic E-state index is 8.53. The molecule has 1 rings (SSSR count). The minimum absolute atomic E-state index is 0.0312. The molecule has 0 aromatic heterocycles. The van der Waals surface area contributed by atoms with Crippen LogP contribution in [0.25, 0.3) is 0 Å². The molecule has 1 atom stereocenters. The maximum absolute atomic E-state index is 8.53. The van der Waals surface area contributed by atoms with Crippen LogP contribution in [0.15, 0.2) is 0 Å². The molecule has 62 valence electrons. The van der Waals surface area contributed by atoms with E-state index in [9.17, 15) is 0 Å². The predicted octanol–water partition coefficient (Wildman–Crippen LogP) is -0.00670. The van der Waals surface area contributed by atoms with Crippen LogP contribution in [0.5, 0.6) is 0 Å². The Kier molecular flexibility index (Phi) is 6.91. The molecule has 0 aliphatic carbocycles. The lowest BCUT2D eigenvalue weighted by Gasteiger charge is -2.21. The van der Waals surface area contributed by atoms with E-state index in [2.05, 4.69) is 5.32 Å². The topological polar surface area (TPSA) is 41.5 Å². The van der Waals surface area contributed by atoms with E-state index < -0.39 is 0 Å². The first-order chi connectivity index (χ1) is 4.93. The Balaban J connectivity index is 0.000000371. The number of aliphatic hydroxyl groups is 1. The lowest BCUT2D eigenvalue weighted by molar-refractivity contribution is -0.00618. The SMILES string of the molecule is CC.OCC1CNCCO1. The van der Waals surface area contributed by atoms with E-state index in [1.54, 1.807) is 0 Å². The average Bonchev–Trinajstić information content (AvgIpc) is 2.10. The fourth-order valence-electron chi connectivity index (χ4n) is 0.737. The van der Waals surface area contributed by atoms with E-state index in [0.29, 0.717) is 0 Å². The van der Waals surface area contributed by atoms with Crippen molar-refractivity contribution in [2.45, 2.75) is 20.0 Å². The lowest BCUT2D eigenvalue weighted by Crippen LogP contribution is -2.40. The Morgan fingerprint density at radius 3 is 2.60 bits per heavy atom. The summed E-state index contributed by atoms with van der Waals surface area (Å²) in [5.74, 6) is 0. The summed E-state index contributed by atoms with van der Waals surface area (Å²) in [4.78, 5) is 0. The number of hydrogen-bond donors (Lipinski definition) is 2. The number of nitrogens with one attached hydrogen (secondary N) is 1. The van der Waals surface area contributed by atoms with Crippen molar-refractivity contribution in [3.8, 4) is 0 Å². The predicted molar refractivity (Wildman–Crippen MR) is 41.0 cm³/mol. The Hall–Kier alpha value is -0.120. The van der Waals surface area contributed by atoms with Gasteiger partial charge in [-0.2, -0.15) is 0 Å². The van der Waals surface area contributed by atoms with Crippen molar-refractivity contribution in [3.63, 3.8) is 0 Å². The van der Waals surface area contributed by atoms with E-state index in [1.165, 1.54) is 0 Å². The van der Waals surface area contributed by atoms with Crippen molar-refractivity contribution in [1.29, 1.82) is 0 Å². The van der Waals surface area contributed by atoms with Gasteiger partial charge in [0.25, 0.3) is 0 Å². The summed E-state index contributed by atoms with van der Waals surface area (Å²) in [7, 11) is 0. The Bertz CT molecular complexity index is 62.6. The van der Waals surface area contributed by atoms with Gasteiger partial charge in [-0.3, -0.25) is 0 Å². The van der Waals surface area contributed by atoms with Gasteiger partial charge in [0.15, 0.2) is 0 Å². The average molecular weight is 147 g/mol. The van der Waals surface area contributed by atoms with Crippen LogP contribution < -0.4 is 5.32 Å². The first-order valence-corrected chi connectivity index (χ1v) is 3.86. The zero-order valence-electron chi connectivity index (χ0n) is 6.76. The van der Waals surface area contributed by atoms with E-state index in [-0.39, 0.29) is 12.7 Å². The highest BCUT2D eigenvalue weighted by Gasteiger charge is 2.10. The molecule has 1 aliphatic rings. The second-order valence-electron chi connectivity index (χ2n) is 1.88. The molecular weight excluding hydrogens is 130 g/mol. The summed E-state index contributed by atoms with van der Waals surface area (Å²) in [6.07, 6.45) is 0.0312. The first kappa shape index (κ1) is 9.88. The molecule has 0 saturated carbocycles.